The van der Waals surface area contributed by atoms with E-state index in [1.807, 2.05) is 0 Å². The van der Waals surface area contributed by atoms with E-state index in [0.29, 0.717) is 18.0 Å². The van der Waals surface area contributed by atoms with Crippen LogP contribution in [-0.2, 0) is 15.0 Å². The lowest BCUT2D eigenvalue weighted by atomic mass is 9.95. The van der Waals surface area contributed by atoms with Crippen LogP contribution in [0.1, 0.15) is 24.8 Å². The molecular weight excluding hydrogens is 297 g/mol. The molecule has 2 aliphatic rings. The summed E-state index contributed by atoms with van der Waals surface area (Å²) in [6.07, 6.45) is 2.17. The van der Waals surface area contributed by atoms with Gasteiger partial charge in [0.05, 0.1) is 11.8 Å². The number of hydrogen-bond acceptors (Lipinski definition) is 2. The zero-order valence-corrected chi connectivity index (χ0v) is 12.0. The summed E-state index contributed by atoms with van der Waals surface area (Å²) >= 11 is 6.08. The molecule has 2 atom stereocenters. The molecule has 0 saturated heterocycles. The first-order valence-electron chi connectivity index (χ1n) is 6.89. The number of amides is 1. The number of carboxylic acids is 1. The van der Waals surface area contributed by atoms with Crippen LogP contribution < -0.4 is 5.32 Å². The fraction of sp³-hybridized carbons (Fsp3) is 0.467. The number of rotatable bonds is 5. The third kappa shape index (κ3) is 2.75. The Labute approximate surface area is 126 Å². The second-order valence-corrected chi connectivity index (χ2v) is 6.32. The van der Waals surface area contributed by atoms with E-state index in [0.717, 1.165) is 18.4 Å². The molecule has 112 valence electrons. The lowest BCUT2D eigenvalue weighted by molar-refractivity contribution is -0.140. The van der Waals surface area contributed by atoms with Crippen LogP contribution in [0.15, 0.2) is 18.2 Å². The average molecular weight is 312 g/mol. The molecule has 3 rings (SSSR count). The lowest BCUT2D eigenvalue weighted by Gasteiger charge is -2.18. The maximum Gasteiger partial charge on any atom is 0.307 e. The van der Waals surface area contributed by atoms with Crippen molar-refractivity contribution in [3.8, 4) is 0 Å². The van der Waals surface area contributed by atoms with Crippen molar-refractivity contribution in [3.63, 3.8) is 0 Å². The highest BCUT2D eigenvalue weighted by Gasteiger charge is 2.50. The van der Waals surface area contributed by atoms with Crippen molar-refractivity contribution in [1.82, 2.24) is 5.32 Å². The number of benzene rings is 1. The fourth-order valence-electron chi connectivity index (χ4n) is 2.76. The summed E-state index contributed by atoms with van der Waals surface area (Å²) in [6.45, 7) is 0.417. The van der Waals surface area contributed by atoms with Gasteiger partial charge in [0.2, 0.25) is 5.91 Å². The Morgan fingerprint density at radius 1 is 1.38 bits per heavy atom. The first-order valence-corrected chi connectivity index (χ1v) is 7.27. The van der Waals surface area contributed by atoms with Crippen molar-refractivity contribution in [2.45, 2.75) is 24.7 Å². The number of halogens is 2. The van der Waals surface area contributed by atoms with Gasteiger partial charge in [-0.2, -0.15) is 0 Å². The summed E-state index contributed by atoms with van der Waals surface area (Å²) in [5, 5.41) is 12.0. The molecule has 2 saturated carbocycles. The van der Waals surface area contributed by atoms with Gasteiger partial charge >= 0.3 is 5.97 Å². The summed E-state index contributed by atoms with van der Waals surface area (Å²) in [5.74, 6) is -2.48. The van der Waals surface area contributed by atoms with Crippen molar-refractivity contribution >= 4 is 23.5 Å². The molecule has 0 bridgehead atoms. The Bertz CT molecular complexity index is 615. The van der Waals surface area contributed by atoms with Crippen LogP contribution in [0.25, 0.3) is 0 Å². The summed E-state index contributed by atoms with van der Waals surface area (Å²) in [5.41, 5.74) is 0.616. The van der Waals surface area contributed by atoms with Gasteiger partial charge in [0.15, 0.2) is 0 Å². The van der Waals surface area contributed by atoms with E-state index in [1.54, 1.807) is 6.07 Å². The second kappa shape index (κ2) is 4.98. The first kappa shape index (κ1) is 14.3. The minimum atomic E-state index is -0.919. The van der Waals surface area contributed by atoms with Crippen LogP contribution in [0.2, 0.25) is 5.02 Å². The van der Waals surface area contributed by atoms with Crippen LogP contribution in [0, 0.1) is 17.7 Å². The van der Waals surface area contributed by atoms with Gasteiger partial charge in [-0.3, -0.25) is 9.59 Å². The third-order valence-corrected chi connectivity index (χ3v) is 4.71. The van der Waals surface area contributed by atoms with Crippen molar-refractivity contribution in [1.29, 1.82) is 0 Å². The Balaban J connectivity index is 1.63. The van der Waals surface area contributed by atoms with Crippen LogP contribution >= 0.6 is 11.6 Å². The number of carboxylic acid groups (broad SMARTS) is 1. The number of nitrogens with one attached hydrogen (secondary N) is 1. The highest BCUT2D eigenvalue weighted by atomic mass is 35.5. The quantitative estimate of drug-likeness (QED) is 0.877. The Kier molecular flexibility index (Phi) is 3.40. The molecule has 2 fully saturated rings. The molecule has 2 N–H and O–H groups in total. The van der Waals surface area contributed by atoms with Crippen molar-refractivity contribution in [2.24, 2.45) is 11.8 Å². The van der Waals surface area contributed by atoms with Gasteiger partial charge in [-0.15, -0.1) is 0 Å². The first-order chi connectivity index (χ1) is 9.93. The summed E-state index contributed by atoms with van der Waals surface area (Å²) in [6, 6.07) is 4.30. The fourth-order valence-corrected chi connectivity index (χ4v) is 3.12. The van der Waals surface area contributed by atoms with E-state index in [9.17, 15) is 14.0 Å². The zero-order chi connectivity index (χ0) is 15.2. The second-order valence-electron chi connectivity index (χ2n) is 5.91. The number of carbonyl (C=O) groups is 2. The van der Waals surface area contributed by atoms with Gasteiger partial charge < -0.3 is 10.4 Å². The molecule has 1 aromatic carbocycles. The topological polar surface area (TPSA) is 66.4 Å². The van der Waals surface area contributed by atoms with Gasteiger partial charge in [0, 0.05) is 17.0 Å². The summed E-state index contributed by atoms with van der Waals surface area (Å²) < 4.78 is 13.1. The minimum Gasteiger partial charge on any atom is -0.481 e. The maximum absolute atomic E-state index is 13.1. The molecular formula is C15H15ClFNO3. The predicted octanol–water partition coefficient (Wildman–Crippen LogP) is 2.35. The number of aliphatic carboxylic acids is 1. The normalized spacial score (nSPS) is 25.2. The van der Waals surface area contributed by atoms with Crippen LogP contribution in [-0.4, -0.2) is 23.5 Å². The van der Waals surface area contributed by atoms with Gasteiger partial charge in [-0.25, -0.2) is 4.39 Å². The molecule has 1 amide bonds. The molecule has 0 radical (unpaired) electrons. The van der Waals surface area contributed by atoms with E-state index < -0.39 is 17.8 Å². The molecule has 4 nitrogen and oxygen atoms in total. The zero-order valence-electron chi connectivity index (χ0n) is 11.2. The standard InChI is InChI=1S/C15H15ClFNO3/c16-12-5-8(17)1-2-11(12)15(3-4-15)7-18-13(19)9-6-10(9)14(20)21/h1-2,5,9-10H,3-4,6-7H2,(H,18,19)(H,20,21). The smallest absolute Gasteiger partial charge is 0.307 e. The Hall–Kier alpha value is -1.62. The lowest BCUT2D eigenvalue weighted by Crippen LogP contribution is -2.34. The number of carbonyl (C=O) groups excluding carboxylic acids is 1. The molecule has 1 aromatic rings. The van der Waals surface area contributed by atoms with Crippen LogP contribution in [0.5, 0.6) is 0 Å². The third-order valence-electron chi connectivity index (χ3n) is 4.40. The molecule has 6 heteroatoms. The molecule has 2 unspecified atom stereocenters. The van der Waals surface area contributed by atoms with Crippen LogP contribution in [0.3, 0.4) is 0 Å². The highest BCUT2D eigenvalue weighted by Crippen LogP contribution is 2.50. The monoisotopic (exact) mass is 311 g/mol. The van der Waals surface area contributed by atoms with E-state index >= 15 is 0 Å². The largest absolute Gasteiger partial charge is 0.481 e. The number of hydrogen-bond donors (Lipinski definition) is 2. The van der Waals surface area contributed by atoms with E-state index in [1.165, 1.54) is 12.1 Å². The molecule has 2 aliphatic carbocycles. The van der Waals surface area contributed by atoms with Gasteiger partial charge in [-0.1, -0.05) is 17.7 Å². The SMILES string of the molecule is O=C(O)C1CC1C(=O)NCC1(c2ccc(F)cc2Cl)CC1. The van der Waals surface area contributed by atoms with Crippen molar-refractivity contribution in [3.05, 3.63) is 34.6 Å². The van der Waals surface area contributed by atoms with Gasteiger partial charge in [0.1, 0.15) is 5.82 Å². The highest BCUT2D eigenvalue weighted by molar-refractivity contribution is 6.31. The molecule has 21 heavy (non-hydrogen) atoms. The minimum absolute atomic E-state index is 0.216. The molecule has 0 spiro atoms. The molecule has 0 aromatic heterocycles. The molecule has 0 heterocycles. The predicted molar refractivity (Wildman–Crippen MR) is 74.6 cm³/mol. The molecule has 0 aliphatic heterocycles. The van der Waals surface area contributed by atoms with Crippen LogP contribution in [0.4, 0.5) is 4.39 Å². The Morgan fingerprint density at radius 3 is 2.62 bits per heavy atom. The van der Waals surface area contributed by atoms with Gasteiger partial charge in [0.25, 0.3) is 0 Å². The Morgan fingerprint density at radius 2 is 2.10 bits per heavy atom. The average Bonchev–Trinajstić information content (AvgIpc) is 3.30. The maximum atomic E-state index is 13.1. The van der Waals surface area contributed by atoms with Crippen molar-refractivity contribution < 1.29 is 19.1 Å². The summed E-state index contributed by atoms with van der Waals surface area (Å²) in [4.78, 5) is 22.7. The van der Waals surface area contributed by atoms with Crippen molar-refractivity contribution in [2.75, 3.05) is 6.54 Å². The summed E-state index contributed by atoms with van der Waals surface area (Å²) in [7, 11) is 0. The van der Waals surface area contributed by atoms with Gasteiger partial charge in [-0.05, 0) is 37.0 Å². The van der Waals surface area contributed by atoms with E-state index in [4.69, 9.17) is 16.7 Å². The van der Waals surface area contributed by atoms with E-state index in [-0.39, 0.29) is 17.1 Å². The van der Waals surface area contributed by atoms with E-state index in [2.05, 4.69) is 5.32 Å².